The molecule has 8 heteroatoms. The first kappa shape index (κ1) is 15.1. The first-order chi connectivity index (χ1) is 12.1. The molecule has 2 aromatic carbocycles. The van der Waals surface area contributed by atoms with Crippen LogP contribution in [0.1, 0.15) is 15.9 Å². The molecule has 8 nitrogen and oxygen atoms in total. The van der Waals surface area contributed by atoms with Crippen molar-refractivity contribution in [2.24, 2.45) is 0 Å². The van der Waals surface area contributed by atoms with Crippen molar-refractivity contribution in [2.45, 2.75) is 6.54 Å². The number of fused-ring (bicyclic) bond motifs is 2. The molecule has 0 spiro atoms. The molecule has 3 aromatic rings. The third kappa shape index (κ3) is 2.89. The highest BCUT2D eigenvalue weighted by molar-refractivity contribution is 5.98. The summed E-state index contributed by atoms with van der Waals surface area (Å²) in [7, 11) is 1.72. The normalized spacial score (nSPS) is 13.1. The first-order valence-electron chi connectivity index (χ1n) is 7.63. The number of ether oxygens (including phenoxy) is 1. The molecule has 0 aliphatic carbocycles. The van der Waals surface area contributed by atoms with Crippen molar-refractivity contribution in [1.82, 2.24) is 15.2 Å². The van der Waals surface area contributed by atoms with Crippen LogP contribution in [0.4, 0.5) is 5.69 Å². The average Bonchev–Trinajstić information content (AvgIpc) is 3.08. The van der Waals surface area contributed by atoms with Crippen molar-refractivity contribution in [3.63, 3.8) is 0 Å². The van der Waals surface area contributed by atoms with E-state index in [2.05, 4.69) is 20.3 Å². The summed E-state index contributed by atoms with van der Waals surface area (Å²) < 4.78 is 10.0. The summed E-state index contributed by atoms with van der Waals surface area (Å²) in [5, 5.41) is 10.3. The standard InChI is InChI=1S/C17H14N4O4/c1-21(8-10-2-4-12-14(6-10)20-25-19-12)17(23)11-3-5-13-15(7-11)24-9-16(22)18-13/h2-7H,8-9H2,1H3,(H,18,22). The van der Waals surface area contributed by atoms with Crippen molar-refractivity contribution >= 4 is 28.5 Å². The van der Waals surface area contributed by atoms with Crippen LogP contribution in [0.2, 0.25) is 0 Å². The minimum Gasteiger partial charge on any atom is -0.482 e. The van der Waals surface area contributed by atoms with Gasteiger partial charge in [-0.05, 0) is 46.2 Å². The van der Waals surface area contributed by atoms with Gasteiger partial charge in [0.1, 0.15) is 16.8 Å². The Bertz CT molecular complexity index is 982. The second-order valence-electron chi connectivity index (χ2n) is 5.80. The SMILES string of the molecule is CN(Cc1ccc2nonc2c1)C(=O)c1ccc2c(c1)OCC(=O)N2. The van der Waals surface area contributed by atoms with Crippen LogP contribution in [0.25, 0.3) is 11.0 Å². The van der Waals surface area contributed by atoms with E-state index in [1.54, 1.807) is 36.2 Å². The molecule has 4 rings (SSSR count). The number of hydrogen-bond acceptors (Lipinski definition) is 6. The third-order valence-electron chi connectivity index (χ3n) is 3.95. The Balaban J connectivity index is 1.52. The molecule has 0 saturated heterocycles. The number of amides is 2. The predicted octanol–water partition coefficient (Wildman–Crippen LogP) is 1.83. The van der Waals surface area contributed by atoms with E-state index < -0.39 is 0 Å². The van der Waals surface area contributed by atoms with E-state index in [0.29, 0.717) is 34.6 Å². The van der Waals surface area contributed by atoms with Gasteiger partial charge in [0.05, 0.1) is 5.69 Å². The number of carbonyl (C=O) groups is 2. The minimum absolute atomic E-state index is 0.0494. The zero-order valence-corrected chi connectivity index (χ0v) is 13.4. The van der Waals surface area contributed by atoms with E-state index >= 15 is 0 Å². The highest BCUT2D eigenvalue weighted by Gasteiger charge is 2.19. The molecular weight excluding hydrogens is 324 g/mol. The highest BCUT2D eigenvalue weighted by atomic mass is 16.6. The molecule has 0 fully saturated rings. The Morgan fingerprint density at radius 2 is 2.04 bits per heavy atom. The average molecular weight is 338 g/mol. The third-order valence-corrected chi connectivity index (χ3v) is 3.95. The van der Waals surface area contributed by atoms with Gasteiger partial charge in [0, 0.05) is 19.2 Å². The molecule has 1 N–H and O–H groups in total. The van der Waals surface area contributed by atoms with E-state index in [1.807, 2.05) is 12.1 Å². The van der Waals surface area contributed by atoms with Gasteiger partial charge in [0.2, 0.25) is 0 Å². The molecule has 25 heavy (non-hydrogen) atoms. The molecular formula is C17H14N4O4. The van der Waals surface area contributed by atoms with E-state index in [4.69, 9.17) is 4.74 Å². The summed E-state index contributed by atoms with van der Waals surface area (Å²) in [5.74, 6) is 0.136. The molecule has 0 radical (unpaired) electrons. The van der Waals surface area contributed by atoms with Gasteiger partial charge in [0.25, 0.3) is 11.8 Å². The summed E-state index contributed by atoms with van der Waals surface area (Å²) in [4.78, 5) is 25.5. The van der Waals surface area contributed by atoms with Crippen LogP contribution in [-0.4, -0.2) is 40.7 Å². The first-order valence-corrected chi connectivity index (χ1v) is 7.63. The summed E-state index contributed by atoms with van der Waals surface area (Å²) in [6, 6.07) is 10.5. The predicted molar refractivity (Wildman–Crippen MR) is 88.2 cm³/mol. The molecule has 2 amide bonds. The highest BCUT2D eigenvalue weighted by Crippen LogP contribution is 2.29. The molecule has 1 aromatic heterocycles. The van der Waals surface area contributed by atoms with E-state index in [1.165, 1.54) is 0 Å². The zero-order chi connectivity index (χ0) is 17.4. The van der Waals surface area contributed by atoms with Gasteiger partial charge in [-0.2, -0.15) is 0 Å². The largest absolute Gasteiger partial charge is 0.482 e. The maximum Gasteiger partial charge on any atom is 0.262 e. The second-order valence-corrected chi connectivity index (χ2v) is 5.80. The lowest BCUT2D eigenvalue weighted by atomic mass is 10.1. The zero-order valence-electron chi connectivity index (χ0n) is 13.4. The summed E-state index contributed by atoms with van der Waals surface area (Å²) >= 11 is 0. The van der Waals surface area contributed by atoms with Crippen LogP contribution in [0.15, 0.2) is 41.0 Å². The van der Waals surface area contributed by atoms with Gasteiger partial charge in [-0.1, -0.05) is 6.07 Å². The second kappa shape index (κ2) is 5.90. The lowest BCUT2D eigenvalue weighted by molar-refractivity contribution is -0.118. The van der Waals surface area contributed by atoms with E-state index in [0.717, 1.165) is 5.56 Å². The molecule has 0 atom stereocenters. The molecule has 0 bridgehead atoms. The fourth-order valence-electron chi connectivity index (χ4n) is 2.70. The fourth-order valence-corrected chi connectivity index (χ4v) is 2.70. The maximum atomic E-state index is 12.6. The van der Waals surface area contributed by atoms with Gasteiger partial charge in [0.15, 0.2) is 6.61 Å². The molecule has 0 unspecified atom stereocenters. The van der Waals surface area contributed by atoms with Gasteiger partial charge in [-0.15, -0.1) is 0 Å². The number of carbonyl (C=O) groups excluding carboxylic acids is 2. The lowest BCUT2D eigenvalue weighted by Crippen LogP contribution is -2.28. The number of hydrogen-bond donors (Lipinski definition) is 1. The summed E-state index contributed by atoms with van der Waals surface area (Å²) in [6.45, 7) is 0.364. The quantitative estimate of drug-likeness (QED) is 0.782. The number of benzene rings is 2. The van der Waals surface area contributed by atoms with Crippen molar-refractivity contribution in [3.8, 4) is 5.75 Å². The van der Waals surface area contributed by atoms with Crippen LogP contribution >= 0.6 is 0 Å². The van der Waals surface area contributed by atoms with E-state index in [9.17, 15) is 9.59 Å². The fraction of sp³-hybridized carbons (Fsp3) is 0.176. The van der Waals surface area contributed by atoms with E-state index in [-0.39, 0.29) is 18.4 Å². The van der Waals surface area contributed by atoms with Gasteiger partial charge < -0.3 is 15.0 Å². The van der Waals surface area contributed by atoms with Crippen molar-refractivity contribution < 1.29 is 19.0 Å². The summed E-state index contributed by atoms with van der Waals surface area (Å²) in [5.41, 5.74) is 3.30. The van der Waals surface area contributed by atoms with Crippen LogP contribution < -0.4 is 10.1 Å². The van der Waals surface area contributed by atoms with Gasteiger partial charge in [-0.25, -0.2) is 4.63 Å². The van der Waals surface area contributed by atoms with Crippen LogP contribution in [0.3, 0.4) is 0 Å². The Morgan fingerprint density at radius 1 is 1.20 bits per heavy atom. The minimum atomic E-state index is -0.207. The number of rotatable bonds is 3. The lowest BCUT2D eigenvalue weighted by Gasteiger charge is -2.21. The number of nitrogens with zero attached hydrogens (tertiary/aromatic N) is 3. The van der Waals surface area contributed by atoms with Crippen molar-refractivity contribution in [1.29, 1.82) is 0 Å². The number of anilines is 1. The van der Waals surface area contributed by atoms with Crippen molar-refractivity contribution in [2.75, 3.05) is 19.0 Å². The van der Waals surface area contributed by atoms with Crippen LogP contribution in [0, 0.1) is 0 Å². The smallest absolute Gasteiger partial charge is 0.262 e. The summed E-state index contributed by atoms with van der Waals surface area (Å²) in [6.07, 6.45) is 0. The Kier molecular flexibility index (Phi) is 3.57. The Labute approximate surface area is 142 Å². The topological polar surface area (TPSA) is 97.6 Å². The Morgan fingerprint density at radius 3 is 2.92 bits per heavy atom. The van der Waals surface area contributed by atoms with Crippen LogP contribution in [-0.2, 0) is 11.3 Å². The Hall–Kier alpha value is -3.42. The maximum absolute atomic E-state index is 12.6. The molecule has 0 saturated carbocycles. The molecule has 1 aliphatic heterocycles. The van der Waals surface area contributed by atoms with Gasteiger partial charge >= 0.3 is 0 Å². The number of nitrogens with one attached hydrogen (secondary N) is 1. The molecule has 126 valence electrons. The van der Waals surface area contributed by atoms with Gasteiger partial charge in [-0.3, -0.25) is 9.59 Å². The molecule has 1 aliphatic rings. The van der Waals surface area contributed by atoms with Crippen molar-refractivity contribution in [3.05, 3.63) is 47.5 Å². The monoisotopic (exact) mass is 338 g/mol. The van der Waals surface area contributed by atoms with Crippen LogP contribution in [0.5, 0.6) is 5.75 Å². The molecule has 2 heterocycles. The number of aromatic nitrogens is 2.